The molecule has 154 valence electrons. The van der Waals surface area contributed by atoms with Crippen LogP contribution in [0, 0.1) is 5.41 Å². The molecule has 3 rings (SSSR count). The third-order valence-electron chi connectivity index (χ3n) is 5.54. The molecule has 0 radical (unpaired) electrons. The van der Waals surface area contributed by atoms with Crippen LogP contribution in [0.5, 0.6) is 0 Å². The maximum Gasteiger partial charge on any atom is 0.291 e. The van der Waals surface area contributed by atoms with Crippen molar-refractivity contribution in [3.8, 4) is 0 Å². The maximum absolute atomic E-state index is 12.8. The number of rotatable bonds is 7. The molecule has 1 aliphatic heterocycles. The molecule has 7 heteroatoms. The normalized spacial score (nSPS) is 16.7. The Morgan fingerprint density at radius 2 is 1.97 bits per heavy atom. The molecule has 0 bridgehead atoms. The van der Waals surface area contributed by atoms with E-state index in [4.69, 9.17) is 0 Å². The number of likely N-dealkylation sites (tertiary alicyclic amines) is 1. The number of Topliss-reactive ketones (excluding diaryl/α,β-unsaturated/α-hetero) is 1. The van der Waals surface area contributed by atoms with Gasteiger partial charge >= 0.3 is 0 Å². The van der Waals surface area contributed by atoms with Gasteiger partial charge in [0.25, 0.3) is 11.8 Å². The van der Waals surface area contributed by atoms with Crippen molar-refractivity contribution in [1.82, 2.24) is 15.2 Å². The average Bonchev–Trinajstić information content (AvgIpc) is 3.41. The van der Waals surface area contributed by atoms with Gasteiger partial charge in [-0.05, 0) is 24.8 Å². The molecule has 1 N–H and O–H groups in total. The number of hydrogen-bond acceptors (Lipinski definition) is 5. The second-order valence-electron chi connectivity index (χ2n) is 7.96. The van der Waals surface area contributed by atoms with E-state index in [0.717, 1.165) is 18.4 Å². The fourth-order valence-electron chi connectivity index (χ4n) is 3.26. The minimum Gasteiger partial charge on any atom is -0.347 e. The molecule has 2 aromatic rings. The lowest BCUT2D eigenvalue weighted by Gasteiger charge is -2.27. The molecule has 29 heavy (non-hydrogen) atoms. The van der Waals surface area contributed by atoms with Crippen LogP contribution < -0.4 is 5.32 Å². The topological polar surface area (TPSA) is 79.4 Å². The van der Waals surface area contributed by atoms with E-state index in [0.29, 0.717) is 30.2 Å². The van der Waals surface area contributed by atoms with Crippen molar-refractivity contribution >= 4 is 28.9 Å². The number of nitrogens with one attached hydrogen (secondary N) is 1. The molecule has 1 aliphatic rings. The molecule has 2 heterocycles. The predicted molar refractivity (Wildman–Crippen MR) is 112 cm³/mol. The Kier molecular flexibility index (Phi) is 6.47. The predicted octanol–water partition coefficient (Wildman–Crippen LogP) is 3.74. The summed E-state index contributed by atoms with van der Waals surface area (Å²) in [7, 11) is 0. The van der Waals surface area contributed by atoms with E-state index in [2.05, 4.69) is 10.3 Å². The van der Waals surface area contributed by atoms with Crippen LogP contribution in [0.1, 0.15) is 67.1 Å². The molecule has 1 aromatic heterocycles. The van der Waals surface area contributed by atoms with Gasteiger partial charge in [-0.3, -0.25) is 14.4 Å². The van der Waals surface area contributed by atoms with Gasteiger partial charge < -0.3 is 10.2 Å². The van der Waals surface area contributed by atoms with E-state index in [-0.39, 0.29) is 17.7 Å². The fourth-order valence-corrected chi connectivity index (χ4v) is 4.21. The van der Waals surface area contributed by atoms with Crippen molar-refractivity contribution < 1.29 is 14.4 Å². The van der Waals surface area contributed by atoms with Crippen LogP contribution in [0.15, 0.2) is 35.7 Å². The smallest absolute Gasteiger partial charge is 0.291 e. The SMILES string of the molecule is CCC(C)(C)C(=O)C(=O)N1CCC[C@H]1c1nc(C(=O)NCc2ccccc2)cs1. The lowest BCUT2D eigenvalue weighted by molar-refractivity contribution is -0.149. The highest BCUT2D eigenvalue weighted by Crippen LogP contribution is 2.35. The molecule has 1 saturated heterocycles. The monoisotopic (exact) mass is 413 g/mol. The van der Waals surface area contributed by atoms with Crippen LogP contribution in [0.3, 0.4) is 0 Å². The molecular weight excluding hydrogens is 386 g/mol. The van der Waals surface area contributed by atoms with Gasteiger partial charge in [0.2, 0.25) is 5.78 Å². The van der Waals surface area contributed by atoms with Crippen LogP contribution in [-0.2, 0) is 16.1 Å². The number of thiazole rings is 1. The largest absolute Gasteiger partial charge is 0.347 e. The van der Waals surface area contributed by atoms with E-state index in [1.54, 1.807) is 24.1 Å². The summed E-state index contributed by atoms with van der Waals surface area (Å²) in [5, 5.41) is 5.30. The minimum atomic E-state index is -0.671. The van der Waals surface area contributed by atoms with Crippen molar-refractivity contribution in [3.63, 3.8) is 0 Å². The second-order valence-corrected chi connectivity index (χ2v) is 8.85. The molecule has 0 unspecified atom stereocenters. The third kappa shape index (κ3) is 4.72. The van der Waals surface area contributed by atoms with E-state index in [1.165, 1.54) is 11.3 Å². The Labute approximate surface area is 175 Å². The van der Waals surface area contributed by atoms with Crippen molar-refractivity contribution in [2.45, 2.75) is 52.6 Å². The van der Waals surface area contributed by atoms with Gasteiger partial charge in [-0.1, -0.05) is 51.1 Å². The molecular formula is C22H27N3O3S. The highest BCUT2D eigenvalue weighted by Gasteiger charge is 2.40. The Morgan fingerprint density at radius 1 is 1.24 bits per heavy atom. The first kappa shape index (κ1) is 21.2. The number of ketones is 1. The van der Waals surface area contributed by atoms with E-state index < -0.39 is 11.3 Å². The van der Waals surface area contributed by atoms with Crippen molar-refractivity contribution in [3.05, 3.63) is 52.0 Å². The summed E-state index contributed by atoms with van der Waals surface area (Å²) in [6.45, 7) is 6.49. The Bertz CT molecular complexity index is 892. The lowest BCUT2D eigenvalue weighted by Crippen LogP contribution is -2.42. The van der Waals surface area contributed by atoms with E-state index in [9.17, 15) is 14.4 Å². The summed E-state index contributed by atoms with van der Waals surface area (Å²) in [6, 6.07) is 9.44. The van der Waals surface area contributed by atoms with E-state index >= 15 is 0 Å². The number of carbonyl (C=O) groups is 3. The zero-order valence-corrected chi connectivity index (χ0v) is 17.9. The quantitative estimate of drug-likeness (QED) is 0.701. The zero-order valence-electron chi connectivity index (χ0n) is 17.1. The summed E-state index contributed by atoms with van der Waals surface area (Å²) in [4.78, 5) is 44.0. The molecule has 6 nitrogen and oxygen atoms in total. The Balaban J connectivity index is 1.68. The zero-order chi connectivity index (χ0) is 21.0. The van der Waals surface area contributed by atoms with Crippen LogP contribution in [0.25, 0.3) is 0 Å². The minimum absolute atomic E-state index is 0.236. The molecule has 0 aliphatic carbocycles. The first-order chi connectivity index (χ1) is 13.8. The first-order valence-corrected chi connectivity index (χ1v) is 10.8. The third-order valence-corrected chi connectivity index (χ3v) is 6.49. The van der Waals surface area contributed by atoms with Gasteiger partial charge in [0, 0.05) is 23.9 Å². The second kappa shape index (κ2) is 8.86. The van der Waals surface area contributed by atoms with Crippen LogP contribution in [-0.4, -0.2) is 34.0 Å². The lowest BCUT2D eigenvalue weighted by atomic mass is 9.84. The average molecular weight is 414 g/mol. The van der Waals surface area contributed by atoms with Crippen molar-refractivity contribution in [2.24, 2.45) is 5.41 Å². The van der Waals surface area contributed by atoms with Crippen molar-refractivity contribution in [2.75, 3.05) is 6.54 Å². The van der Waals surface area contributed by atoms with Gasteiger partial charge in [-0.25, -0.2) is 4.98 Å². The first-order valence-electron chi connectivity index (χ1n) is 9.96. The molecule has 1 atom stereocenters. The van der Waals surface area contributed by atoms with E-state index in [1.807, 2.05) is 37.3 Å². The van der Waals surface area contributed by atoms with Gasteiger partial charge in [0.1, 0.15) is 10.7 Å². The number of hydrogen-bond donors (Lipinski definition) is 1. The summed E-state index contributed by atoms with van der Waals surface area (Å²) < 4.78 is 0. The van der Waals surface area contributed by atoms with Crippen LogP contribution >= 0.6 is 11.3 Å². The Hall–Kier alpha value is -2.54. The number of nitrogens with zero attached hydrogens (tertiary/aromatic N) is 2. The number of benzene rings is 1. The number of amides is 2. The maximum atomic E-state index is 12.8. The highest BCUT2D eigenvalue weighted by atomic mass is 32.1. The molecule has 0 spiro atoms. The Morgan fingerprint density at radius 3 is 2.66 bits per heavy atom. The van der Waals surface area contributed by atoms with Crippen LogP contribution in [0.2, 0.25) is 0 Å². The van der Waals surface area contributed by atoms with Crippen LogP contribution in [0.4, 0.5) is 0 Å². The summed E-state index contributed by atoms with van der Waals surface area (Å²) in [5.41, 5.74) is 0.691. The standard InChI is InChI=1S/C22H27N3O3S/c1-4-22(2,3)18(26)21(28)25-12-8-11-17(25)20-24-16(14-29-20)19(27)23-13-15-9-6-5-7-10-15/h5-7,9-10,14,17H,4,8,11-13H2,1-3H3,(H,23,27)/t17-/m0/s1. The molecule has 1 fully saturated rings. The molecule has 2 amide bonds. The number of carbonyl (C=O) groups excluding carboxylic acids is 3. The van der Waals surface area contributed by atoms with Crippen molar-refractivity contribution in [1.29, 1.82) is 0 Å². The van der Waals surface area contributed by atoms with Gasteiger partial charge in [0.05, 0.1) is 6.04 Å². The number of aromatic nitrogens is 1. The summed E-state index contributed by atoms with van der Waals surface area (Å²) in [6.07, 6.45) is 2.19. The van der Waals surface area contributed by atoms with Gasteiger partial charge in [0.15, 0.2) is 0 Å². The summed E-state index contributed by atoms with van der Waals surface area (Å²) >= 11 is 1.37. The van der Waals surface area contributed by atoms with Gasteiger partial charge in [-0.2, -0.15) is 0 Å². The molecule has 0 saturated carbocycles. The van der Waals surface area contributed by atoms with Gasteiger partial charge in [-0.15, -0.1) is 11.3 Å². The highest BCUT2D eigenvalue weighted by molar-refractivity contribution is 7.09. The fraction of sp³-hybridized carbons (Fsp3) is 0.455. The molecule has 1 aromatic carbocycles. The summed E-state index contributed by atoms with van der Waals surface area (Å²) in [5.74, 6) is -1.04.